The van der Waals surface area contributed by atoms with Crippen molar-refractivity contribution in [2.45, 2.75) is 13.5 Å². The van der Waals surface area contributed by atoms with Gasteiger partial charge < -0.3 is 4.74 Å². The van der Waals surface area contributed by atoms with Crippen LogP contribution in [0.2, 0.25) is 0 Å². The molecule has 0 amide bonds. The molecule has 0 atom stereocenters. The van der Waals surface area contributed by atoms with E-state index in [0.717, 1.165) is 6.07 Å². The smallest absolute Gasteiger partial charge is 0.387 e. The fourth-order valence-corrected chi connectivity index (χ4v) is 1.13. The normalized spacial score (nSPS) is 9.80. The van der Waals surface area contributed by atoms with Crippen molar-refractivity contribution in [2.24, 2.45) is 0 Å². The number of benzene rings is 1. The largest absolute Gasteiger partial charge is 0.435 e. The van der Waals surface area contributed by atoms with Crippen LogP contribution in [0.3, 0.4) is 0 Å². The molecular formula is C10H7F2NO2. The molecule has 0 bridgehead atoms. The molecule has 0 aliphatic rings. The zero-order valence-electron chi connectivity index (χ0n) is 7.83. The van der Waals surface area contributed by atoms with Gasteiger partial charge in [0, 0.05) is 5.56 Å². The Morgan fingerprint density at radius 3 is 2.67 bits per heavy atom. The van der Waals surface area contributed by atoms with Crippen LogP contribution in [0.5, 0.6) is 5.75 Å². The Labute approximate surface area is 84.9 Å². The SMILES string of the molecule is Cc1cc(C=O)c(C#N)cc1OC(F)F. The standard InChI is InChI=1S/C10H7F2NO2/c1-6-2-8(5-14)7(4-13)3-9(6)15-10(11)12/h2-3,5,10H,1H3. The summed E-state index contributed by atoms with van der Waals surface area (Å²) < 4.78 is 28.1. The van der Waals surface area contributed by atoms with E-state index in [1.54, 1.807) is 6.07 Å². The molecule has 0 aliphatic carbocycles. The number of ether oxygens (including phenoxy) is 1. The van der Waals surface area contributed by atoms with Crippen LogP contribution >= 0.6 is 0 Å². The molecule has 1 rings (SSSR count). The van der Waals surface area contributed by atoms with Gasteiger partial charge in [0.15, 0.2) is 6.29 Å². The van der Waals surface area contributed by atoms with Crippen LogP contribution in [0, 0.1) is 18.3 Å². The number of carbonyl (C=O) groups is 1. The van der Waals surface area contributed by atoms with Crippen LogP contribution in [-0.4, -0.2) is 12.9 Å². The Balaban J connectivity index is 3.21. The van der Waals surface area contributed by atoms with Crippen molar-refractivity contribution in [3.8, 4) is 11.8 Å². The number of nitriles is 1. The maximum Gasteiger partial charge on any atom is 0.387 e. The van der Waals surface area contributed by atoms with Crippen molar-refractivity contribution in [3.63, 3.8) is 0 Å². The predicted molar refractivity (Wildman–Crippen MR) is 47.9 cm³/mol. The van der Waals surface area contributed by atoms with Gasteiger partial charge in [-0.3, -0.25) is 4.79 Å². The summed E-state index contributed by atoms with van der Waals surface area (Å²) in [4.78, 5) is 10.5. The number of hydrogen-bond donors (Lipinski definition) is 0. The molecule has 0 heterocycles. The average molecular weight is 211 g/mol. The number of halogens is 2. The van der Waals surface area contributed by atoms with Crippen LogP contribution in [-0.2, 0) is 0 Å². The van der Waals surface area contributed by atoms with Gasteiger partial charge in [0.25, 0.3) is 0 Å². The third kappa shape index (κ3) is 2.50. The number of carbonyl (C=O) groups excluding carboxylic acids is 1. The predicted octanol–water partition coefficient (Wildman–Crippen LogP) is 2.28. The summed E-state index contributed by atoms with van der Waals surface area (Å²) in [5.74, 6) is -0.0906. The zero-order valence-corrected chi connectivity index (χ0v) is 7.83. The molecule has 15 heavy (non-hydrogen) atoms. The molecule has 1 aromatic rings. The second-order valence-electron chi connectivity index (χ2n) is 2.81. The fourth-order valence-electron chi connectivity index (χ4n) is 1.13. The van der Waals surface area contributed by atoms with Crippen LogP contribution < -0.4 is 4.74 Å². The van der Waals surface area contributed by atoms with E-state index in [9.17, 15) is 13.6 Å². The molecule has 0 radical (unpaired) electrons. The maximum absolute atomic E-state index is 11.9. The number of aryl methyl sites for hydroxylation is 1. The number of alkyl halides is 2. The molecule has 0 saturated heterocycles. The van der Waals surface area contributed by atoms with Crippen molar-refractivity contribution in [3.05, 3.63) is 28.8 Å². The summed E-state index contributed by atoms with van der Waals surface area (Å²) in [7, 11) is 0. The van der Waals surface area contributed by atoms with E-state index in [-0.39, 0.29) is 16.9 Å². The lowest BCUT2D eigenvalue weighted by atomic mass is 10.1. The molecular weight excluding hydrogens is 204 g/mol. The minimum Gasteiger partial charge on any atom is -0.435 e. The first-order valence-corrected chi connectivity index (χ1v) is 4.03. The third-order valence-corrected chi connectivity index (χ3v) is 1.81. The van der Waals surface area contributed by atoms with Crippen molar-refractivity contribution >= 4 is 6.29 Å². The molecule has 0 fully saturated rings. The molecule has 0 unspecified atom stereocenters. The van der Waals surface area contributed by atoms with Gasteiger partial charge in [-0.25, -0.2) is 0 Å². The van der Waals surface area contributed by atoms with Gasteiger partial charge in [0.05, 0.1) is 5.56 Å². The van der Waals surface area contributed by atoms with Gasteiger partial charge in [-0.1, -0.05) is 0 Å². The number of rotatable bonds is 3. The summed E-state index contributed by atoms with van der Waals surface area (Å²) >= 11 is 0. The molecule has 78 valence electrons. The second kappa shape index (κ2) is 4.51. The highest BCUT2D eigenvalue weighted by Crippen LogP contribution is 2.23. The van der Waals surface area contributed by atoms with Crippen molar-refractivity contribution < 1.29 is 18.3 Å². The Morgan fingerprint density at radius 1 is 1.53 bits per heavy atom. The van der Waals surface area contributed by atoms with E-state index in [2.05, 4.69) is 4.74 Å². The van der Waals surface area contributed by atoms with Crippen LogP contribution in [0.1, 0.15) is 21.5 Å². The first-order chi connectivity index (χ1) is 7.08. The summed E-state index contributed by atoms with van der Waals surface area (Å²) in [6.45, 7) is -1.43. The summed E-state index contributed by atoms with van der Waals surface area (Å²) in [6.07, 6.45) is 0.498. The lowest BCUT2D eigenvalue weighted by molar-refractivity contribution is -0.0503. The molecule has 3 nitrogen and oxygen atoms in total. The molecule has 0 aromatic heterocycles. The highest BCUT2D eigenvalue weighted by atomic mass is 19.3. The lowest BCUT2D eigenvalue weighted by Crippen LogP contribution is -2.04. The minimum absolute atomic E-state index is 0.0197. The zero-order chi connectivity index (χ0) is 11.4. The number of nitrogens with zero attached hydrogens (tertiary/aromatic N) is 1. The second-order valence-corrected chi connectivity index (χ2v) is 2.81. The quantitative estimate of drug-likeness (QED) is 0.720. The van der Waals surface area contributed by atoms with Gasteiger partial charge in [-0.2, -0.15) is 14.0 Å². The maximum atomic E-state index is 11.9. The summed E-state index contributed by atoms with van der Waals surface area (Å²) in [5, 5.41) is 8.65. The molecule has 1 aromatic carbocycles. The monoisotopic (exact) mass is 211 g/mol. The summed E-state index contributed by atoms with van der Waals surface area (Å²) in [5.41, 5.74) is 0.569. The Morgan fingerprint density at radius 2 is 2.20 bits per heavy atom. The lowest BCUT2D eigenvalue weighted by Gasteiger charge is -2.08. The van der Waals surface area contributed by atoms with Crippen molar-refractivity contribution in [2.75, 3.05) is 0 Å². The molecule has 0 saturated carbocycles. The first kappa shape index (κ1) is 11.1. The van der Waals surface area contributed by atoms with Crippen LogP contribution in [0.25, 0.3) is 0 Å². The third-order valence-electron chi connectivity index (χ3n) is 1.81. The minimum atomic E-state index is -2.95. The topological polar surface area (TPSA) is 50.1 Å². The Kier molecular flexibility index (Phi) is 3.34. The molecule has 0 spiro atoms. The molecule has 0 aliphatic heterocycles. The average Bonchev–Trinajstić information content (AvgIpc) is 2.19. The first-order valence-electron chi connectivity index (χ1n) is 4.03. The Bertz CT molecular complexity index is 424. The van der Waals surface area contributed by atoms with Crippen molar-refractivity contribution in [1.29, 1.82) is 5.26 Å². The fraction of sp³-hybridized carbons (Fsp3) is 0.200. The van der Waals surface area contributed by atoms with E-state index in [1.807, 2.05) is 0 Å². The number of aldehydes is 1. The van der Waals surface area contributed by atoms with Gasteiger partial charge in [0.1, 0.15) is 11.8 Å². The van der Waals surface area contributed by atoms with Crippen LogP contribution in [0.15, 0.2) is 12.1 Å². The van der Waals surface area contributed by atoms with Gasteiger partial charge in [-0.05, 0) is 24.6 Å². The molecule has 0 N–H and O–H groups in total. The summed E-state index contributed by atoms with van der Waals surface area (Å²) in [6, 6.07) is 4.20. The van der Waals surface area contributed by atoms with Crippen molar-refractivity contribution in [1.82, 2.24) is 0 Å². The van der Waals surface area contributed by atoms with E-state index < -0.39 is 6.61 Å². The van der Waals surface area contributed by atoms with E-state index in [1.165, 1.54) is 13.0 Å². The van der Waals surface area contributed by atoms with E-state index in [0.29, 0.717) is 11.8 Å². The van der Waals surface area contributed by atoms with Gasteiger partial charge in [0.2, 0.25) is 0 Å². The van der Waals surface area contributed by atoms with Crippen LogP contribution in [0.4, 0.5) is 8.78 Å². The van der Waals surface area contributed by atoms with Gasteiger partial charge in [-0.15, -0.1) is 0 Å². The van der Waals surface area contributed by atoms with E-state index >= 15 is 0 Å². The van der Waals surface area contributed by atoms with Gasteiger partial charge >= 0.3 is 6.61 Å². The highest BCUT2D eigenvalue weighted by Gasteiger charge is 2.11. The Hall–Kier alpha value is -1.96. The number of hydrogen-bond acceptors (Lipinski definition) is 3. The highest BCUT2D eigenvalue weighted by molar-refractivity contribution is 5.80. The molecule has 5 heteroatoms. The van der Waals surface area contributed by atoms with E-state index in [4.69, 9.17) is 5.26 Å².